The molecule has 1 rings (SSSR count). The molecule has 1 aromatic rings. The van der Waals surface area contributed by atoms with Gasteiger partial charge < -0.3 is 10.1 Å². The van der Waals surface area contributed by atoms with Crippen molar-refractivity contribution in [2.75, 3.05) is 11.5 Å². The van der Waals surface area contributed by atoms with Crippen LogP contribution in [0.1, 0.15) is 19.4 Å². The first-order chi connectivity index (χ1) is 8.56. The summed E-state index contributed by atoms with van der Waals surface area (Å²) in [7, 11) is 1.63. The Kier molecular flexibility index (Phi) is 6.46. The first kappa shape index (κ1) is 15.3. The predicted octanol–water partition coefficient (Wildman–Crippen LogP) is 2.81. The van der Waals surface area contributed by atoms with Gasteiger partial charge in [0.1, 0.15) is 5.75 Å². The van der Waals surface area contributed by atoms with Gasteiger partial charge in [-0.1, -0.05) is 48.6 Å². The first-order valence-corrected chi connectivity index (χ1v) is 7.57. The number of alkyl halides is 1. The van der Waals surface area contributed by atoms with E-state index >= 15 is 0 Å². The van der Waals surface area contributed by atoms with E-state index in [1.165, 1.54) is 0 Å². The Morgan fingerprint density at radius 3 is 2.72 bits per heavy atom. The maximum atomic E-state index is 11.9. The third kappa shape index (κ3) is 4.84. The van der Waals surface area contributed by atoms with Crippen LogP contribution in [0.15, 0.2) is 24.3 Å². The molecule has 0 saturated heterocycles. The van der Waals surface area contributed by atoms with E-state index in [1.807, 2.05) is 24.3 Å². The van der Waals surface area contributed by atoms with Crippen molar-refractivity contribution in [2.45, 2.75) is 26.3 Å². The number of benzene rings is 1. The molecular weight excluding hydrogens is 341 g/mol. The predicted molar refractivity (Wildman–Crippen MR) is 82.4 cm³/mol. The number of carbonyl (C=O) groups excluding carboxylic acids is 1. The molecule has 0 aliphatic heterocycles. The van der Waals surface area contributed by atoms with E-state index in [4.69, 9.17) is 4.74 Å². The first-order valence-electron chi connectivity index (χ1n) is 6.05. The molecule has 1 aromatic carbocycles. The molecule has 3 nitrogen and oxygen atoms in total. The maximum Gasteiger partial charge on any atom is 0.224 e. The molecule has 0 aliphatic carbocycles. The molecule has 100 valence electrons. The maximum absolute atomic E-state index is 11.9. The number of carbonyl (C=O) groups is 1. The number of ether oxygens (including phenoxy) is 1. The second-order valence-electron chi connectivity index (χ2n) is 4.60. The fraction of sp³-hybridized carbons (Fsp3) is 0.500. The molecule has 1 unspecified atom stereocenters. The smallest absolute Gasteiger partial charge is 0.224 e. The van der Waals surface area contributed by atoms with E-state index in [1.54, 1.807) is 7.11 Å². The molecule has 0 heterocycles. The van der Waals surface area contributed by atoms with Gasteiger partial charge in [0.05, 0.1) is 13.5 Å². The lowest BCUT2D eigenvalue weighted by Crippen LogP contribution is -2.40. The highest BCUT2D eigenvalue weighted by molar-refractivity contribution is 14.1. The van der Waals surface area contributed by atoms with Gasteiger partial charge in [0.25, 0.3) is 0 Å². The van der Waals surface area contributed by atoms with Gasteiger partial charge in [0.2, 0.25) is 5.91 Å². The number of halogens is 1. The van der Waals surface area contributed by atoms with Crippen LogP contribution < -0.4 is 10.1 Å². The minimum atomic E-state index is 0.0682. The number of hydrogen-bond acceptors (Lipinski definition) is 2. The second kappa shape index (κ2) is 7.61. The van der Waals surface area contributed by atoms with Crippen LogP contribution in [0.25, 0.3) is 0 Å². The molecule has 0 radical (unpaired) electrons. The van der Waals surface area contributed by atoms with Gasteiger partial charge in [-0.15, -0.1) is 0 Å². The van der Waals surface area contributed by atoms with Crippen LogP contribution in [0.2, 0.25) is 0 Å². The SMILES string of the molecule is COc1cccc(CC(=O)NC(CI)C(C)C)c1. The van der Waals surface area contributed by atoms with Crippen LogP contribution in [0.3, 0.4) is 0 Å². The summed E-state index contributed by atoms with van der Waals surface area (Å²) >= 11 is 2.31. The molecule has 0 fully saturated rings. The zero-order chi connectivity index (χ0) is 13.5. The number of nitrogens with one attached hydrogen (secondary N) is 1. The molecule has 0 aliphatic rings. The van der Waals surface area contributed by atoms with Crippen LogP contribution in [-0.4, -0.2) is 23.5 Å². The van der Waals surface area contributed by atoms with Gasteiger partial charge >= 0.3 is 0 Å². The summed E-state index contributed by atoms with van der Waals surface area (Å²) < 4.78 is 6.07. The fourth-order valence-electron chi connectivity index (χ4n) is 1.61. The van der Waals surface area contributed by atoms with Gasteiger partial charge in [-0.25, -0.2) is 0 Å². The Bertz CT molecular complexity index is 393. The Balaban J connectivity index is 2.58. The molecule has 4 heteroatoms. The van der Waals surface area contributed by atoms with Crippen molar-refractivity contribution in [1.29, 1.82) is 0 Å². The second-order valence-corrected chi connectivity index (χ2v) is 5.48. The molecule has 0 bridgehead atoms. The van der Waals surface area contributed by atoms with Crippen LogP contribution in [0.5, 0.6) is 5.75 Å². The van der Waals surface area contributed by atoms with Crippen LogP contribution in [0.4, 0.5) is 0 Å². The monoisotopic (exact) mass is 361 g/mol. The Hall–Kier alpha value is -0.780. The Morgan fingerprint density at radius 2 is 2.17 bits per heavy atom. The third-order valence-corrected chi connectivity index (χ3v) is 3.77. The van der Waals surface area contributed by atoms with Gasteiger partial charge in [0.15, 0.2) is 0 Å². The van der Waals surface area contributed by atoms with E-state index < -0.39 is 0 Å². The molecule has 18 heavy (non-hydrogen) atoms. The standard InChI is InChI=1S/C14H20INO2/c1-10(2)13(9-15)16-14(17)8-11-5-4-6-12(7-11)18-3/h4-7,10,13H,8-9H2,1-3H3,(H,16,17). The minimum Gasteiger partial charge on any atom is -0.497 e. The Labute approximate surface area is 122 Å². The van der Waals surface area contributed by atoms with Crippen molar-refractivity contribution in [3.8, 4) is 5.75 Å². The van der Waals surface area contributed by atoms with Crippen molar-refractivity contribution in [3.63, 3.8) is 0 Å². The largest absolute Gasteiger partial charge is 0.497 e. The van der Waals surface area contributed by atoms with Crippen LogP contribution in [0, 0.1) is 5.92 Å². The fourth-order valence-corrected chi connectivity index (χ4v) is 2.85. The zero-order valence-corrected chi connectivity index (χ0v) is 13.2. The van der Waals surface area contributed by atoms with Crippen molar-refractivity contribution >= 4 is 28.5 Å². The average Bonchev–Trinajstić information content (AvgIpc) is 2.35. The zero-order valence-electron chi connectivity index (χ0n) is 11.1. The number of rotatable bonds is 6. The number of hydrogen-bond donors (Lipinski definition) is 1. The van der Waals surface area contributed by atoms with Crippen molar-refractivity contribution in [3.05, 3.63) is 29.8 Å². The van der Waals surface area contributed by atoms with E-state index in [0.29, 0.717) is 12.3 Å². The summed E-state index contributed by atoms with van der Waals surface area (Å²) in [6, 6.07) is 7.86. The van der Waals surface area contributed by atoms with E-state index in [2.05, 4.69) is 41.8 Å². The number of amides is 1. The summed E-state index contributed by atoms with van der Waals surface area (Å²) in [5.41, 5.74) is 0.975. The lowest BCUT2D eigenvalue weighted by atomic mass is 10.1. The number of methoxy groups -OCH3 is 1. The average molecular weight is 361 g/mol. The highest BCUT2D eigenvalue weighted by atomic mass is 127. The quantitative estimate of drug-likeness (QED) is 0.625. The Morgan fingerprint density at radius 1 is 1.44 bits per heavy atom. The van der Waals surface area contributed by atoms with E-state index in [0.717, 1.165) is 15.7 Å². The van der Waals surface area contributed by atoms with Crippen LogP contribution >= 0.6 is 22.6 Å². The van der Waals surface area contributed by atoms with E-state index in [-0.39, 0.29) is 11.9 Å². The molecule has 1 atom stereocenters. The van der Waals surface area contributed by atoms with Crippen molar-refractivity contribution in [1.82, 2.24) is 5.32 Å². The lowest BCUT2D eigenvalue weighted by molar-refractivity contribution is -0.121. The van der Waals surface area contributed by atoms with E-state index in [9.17, 15) is 4.79 Å². The topological polar surface area (TPSA) is 38.3 Å². The summed E-state index contributed by atoms with van der Waals surface area (Å²) in [5, 5.41) is 3.06. The lowest BCUT2D eigenvalue weighted by Gasteiger charge is -2.20. The molecular formula is C14H20INO2. The minimum absolute atomic E-state index is 0.0682. The normalized spacial score (nSPS) is 12.3. The molecule has 0 aromatic heterocycles. The van der Waals surface area contributed by atoms with Crippen LogP contribution in [-0.2, 0) is 11.2 Å². The molecule has 0 spiro atoms. The summed E-state index contributed by atoms with van der Waals surface area (Å²) in [6.45, 7) is 4.24. The molecule has 1 N–H and O–H groups in total. The van der Waals surface area contributed by atoms with Gasteiger partial charge in [-0.2, -0.15) is 0 Å². The molecule has 1 amide bonds. The van der Waals surface area contributed by atoms with Crippen molar-refractivity contribution < 1.29 is 9.53 Å². The summed E-state index contributed by atoms with van der Waals surface area (Å²) in [6.07, 6.45) is 0.400. The van der Waals surface area contributed by atoms with Gasteiger partial charge in [-0.05, 0) is 23.6 Å². The third-order valence-electron chi connectivity index (χ3n) is 2.82. The van der Waals surface area contributed by atoms with Crippen molar-refractivity contribution in [2.24, 2.45) is 5.92 Å². The van der Waals surface area contributed by atoms with Gasteiger partial charge in [-0.3, -0.25) is 4.79 Å². The highest BCUT2D eigenvalue weighted by Crippen LogP contribution is 2.13. The summed E-state index contributed by atoms with van der Waals surface area (Å²) in [4.78, 5) is 11.9. The van der Waals surface area contributed by atoms with Gasteiger partial charge in [0, 0.05) is 10.5 Å². The highest BCUT2D eigenvalue weighted by Gasteiger charge is 2.14. The summed E-state index contributed by atoms with van der Waals surface area (Å²) in [5.74, 6) is 1.31. The molecule has 0 saturated carbocycles.